The van der Waals surface area contributed by atoms with E-state index >= 15 is 0 Å². The minimum atomic E-state index is -0.580. The van der Waals surface area contributed by atoms with Gasteiger partial charge in [-0.25, -0.2) is 0 Å². The first-order chi connectivity index (χ1) is 11.5. The zero-order chi connectivity index (χ0) is 16.8. The molecule has 1 amide bonds. The lowest BCUT2D eigenvalue weighted by Gasteiger charge is -2.26. The topological polar surface area (TPSA) is 84.3 Å². The second kappa shape index (κ2) is 5.59. The minimum Gasteiger partial charge on any atom is -0.352 e. The molecule has 2 atom stereocenters. The molecule has 0 unspecified atom stereocenters. The minimum absolute atomic E-state index is 0.00805. The average molecular weight is 343 g/mol. The standard InChI is InChI=1S/C17H17N3O3S/c1-9-6-7-11-13(8-9)24-17-14(11)16(21)18-15(19-17)10-4-2-3-5-12(10)20(22)23/h2-5,9,15,19H,6-8H2,1H3,(H,18,21)/t9-,15-/m1/s1. The molecule has 2 heterocycles. The Morgan fingerprint density at radius 2 is 2.08 bits per heavy atom. The van der Waals surface area contributed by atoms with Crippen molar-refractivity contribution in [1.82, 2.24) is 5.32 Å². The Hall–Kier alpha value is -2.41. The Bertz CT molecular complexity index is 846. The van der Waals surface area contributed by atoms with E-state index in [-0.39, 0.29) is 11.6 Å². The molecule has 1 aliphatic carbocycles. The van der Waals surface area contributed by atoms with Crippen LogP contribution in [0.2, 0.25) is 0 Å². The largest absolute Gasteiger partial charge is 0.352 e. The van der Waals surface area contributed by atoms with Crippen molar-refractivity contribution in [2.24, 2.45) is 5.92 Å². The summed E-state index contributed by atoms with van der Waals surface area (Å²) in [5.41, 5.74) is 2.37. The Labute approximate surface area is 143 Å². The Balaban J connectivity index is 1.73. The Morgan fingerprint density at radius 1 is 1.29 bits per heavy atom. The van der Waals surface area contributed by atoms with Crippen molar-refractivity contribution < 1.29 is 9.72 Å². The van der Waals surface area contributed by atoms with Gasteiger partial charge in [-0.15, -0.1) is 11.3 Å². The summed E-state index contributed by atoms with van der Waals surface area (Å²) in [6.07, 6.45) is 2.44. The van der Waals surface area contributed by atoms with Crippen LogP contribution in [0.1, 0.15) is 45.9 Å². The number of nitro groups is 1. The van der Waals surface area contributed by atoms with Gasteiger partial charge in [-0.1, -0.05) is 19.1 Å². The summed E-state index contributed by atoms with van der Waals surface area (Å²) in [6.45, 7) is 2.23. The van der Waals surface area contributed by atoms with E-state index in [1.165, 1.54) is 10.9 Å². The van der Waals surface area contributed by atoms with Gasteiger partial charge in [-0.2, -0.15) is 0 Å². The molecule has 4 rings (SSSR count). The van der Waals surface area contributed by atoms with Crippen molar-refractivity contribution in [2.45, 2.75) is 32.4 Å². The number of anilines is 1. The van der Waals surface area contributed by atoms with Crippen LogP contribution in [0.5, 0.6) is 0 Å². The van der Waals surface area contributed by atoms with Crippen molar-refractivity contribution >= 4 is 27.9 Å². The molecule has 1 aromatic carbocycles. The summed E-state index contributed by atoms with van der Waals surface area (Å²) in [4.78, 5) is 24.8. The summed E-state index contributed by atoms with van der Waals surface area (Å²) in [6, 6.07) is 6.51. The fourth-order valence-corrected chi connectivity index (χ4v) is 4.95. The predicted molar refractivity (Wildman–Crippen MR) is 92.4 cm³/mol. The third kappa shape index (κ3) is 2.36. The molecule has 24 heavy (non-hydrogen) atoms. The van der Waals surface area contributed by atoms with Crippen LogP contribution in [0.3, 0.4) is 0 Å². The number of para-hydroxylation sites is 1. The van der Waals surface area contributed by atoms with Gasteiger partial charge >= 0.3 is 0 Å². The van der Waals surface area contributed by atoms with E-state index in [4.69, 9.17) is 0 Å². The zero-order valence-electron chi connectivity index (χ0n) is 13.2. The van der Waals surface area contributed by atoms with Crippen LogP contribution in [-0.2, 0) is 12.8 Å². The number of nitrogens with one attached hydrogen (secondary N) is 2. The fourth-order valence-electron chi connectivity index (χ4n) is 3.52. The van der Waals surface area contributed by atoms with Gasteiger partial charge in [0.25, 0.3) is 11.6 Å². The molecular weight excluding hydrogens is 326 g/mol. The molecule has 0 radical (unpaired) electrons. The summed E-state index contributed by atoms with van der Waals surface area (Å²) in [5.74, 6) is 0.491. The normalized spacial score (nSPS) is 22.1. The molecule has 6 nitrogen and oxygen atoms in total. The van der Waals surface area contributed by atoms with Crippen molar-refractivity contribution in [3.05, 3.63) is 55.9 Å². The van der Waals surface area contributed by atoms with Crippen molar-refractivity contribution in [2.75, 3.05) is 5.32 Å². The number of fused-ring (bicyclic) bond motifs is 3. The number of nitrogens with zero attached hydrogens (tertiary/aromatic N) is 1. The number of hydrogen-bond acceptors (Lipinski definition) is 5. The van der Waals surface area contributed by atoms with Crippen LogP contribution < -0.4 is 10.6 Å². The van der Waals surface area contributed by atoms with Crippen LogP contribution in [0.15, 0.2) is 24.3 Å². The fraction of sp³-hybridized carbons (Fsp3) is 0.353. The second-order valence-corrected chi connectivity index (χ2v) is 7.53. The van der Waals surface area contributed by atoms with Gasteiger partial charge in [0.2, 0.25) is 0 Å². The van der Waals surface area contributed by atoms with E-state index in [1.54, 1.807) is 29.5 Å². The highest BCUT2D eigenvalue weighted by atomic mass is 32.1. The maximum atomic E-state index is 12.7. The van der Waals surface area contributed by atoms with E-state index in [0.29, 0.717) is 11.5 Å². The van der Waals surface area contributed by atoms with Crippen molar-refractivity contribution in [3.63, 3.8) is 0 Å². The van der Waals surface area contributed by atoms with Gasteiger partial charge in [0, 0.05) is 10.9 Å². The highest BCUT2D eigenvalue weighted by Gasteiger charge is 2.34. The molecule has 0 fully saturated rings. The van der Waals surface area contributed by atoms with Crippen molar-refractivity contribution in [3.8, 4) is 0 Å². The lowest BCUT2D eigenvalue weighted by atomic mass is 9.88. The Morgan fingerprint density at radius 3 is 2.88 bits per heavy atom. The number of hydrogen-bond donors (Lipinski definition) is 2. The zero-order valence-corrected chi connectivity index (χ0v) is 14.0. The van der Waals surface area contributed by atoms with E-state index in [1.807, 2.05) is 0 Å². The van der Waals surface area contributed by atoms with Crippen LogP contribution in [0.25, 0.3) is 0 Å². The molecule has 7 heteroatoms. The van der Waals surface area contributed by atoms with Gasteiger partial charge in [0.15, 0.2) is 0 Å². The van der Waals surface area contributed by atoms with Gasteiger partial charge in [-0.05, 0) is 36.8 Å². The lowest BCUT2D eigenvalue weighted by molar-refractivity contribution is -0.385. The first-order valence-corrected chi connectivity index (χ1v) is 8.81. The number of carbonyl (C=O) groups excluding carboxylic acids is 1. The number of benzene rings is 1. The maximum absolute atomic E-state index is 12.7. The molecule has 2 aromatic rings. The highest BCUT2D eigenvalue weighted by Crippen LogP contribution is 2.43. The molecule has 0 saturated heterocycles. The molecule has 0 spiro atoms. The SMILES string of the molecule is C[C@@H]1CCc2c(sc3c2C(=O)N[C@@H](c2ccccc2[N+](=O)[O-])N3)C1. The highest BCUT2D eigenvalue weighted by molar-refractivity contribution is 7.16. The third-order valence-electron chi connectivity index (χ3n) is 4.73. The number of nitro benzene ring substituents is 1. The monoisotopic (exact) mass is 343 g/mol. The third-order valence-corrected chi connectivity index (χ3v) is 5.92. The molecule has 2 N–H and O–H groups in total. The summed E-state index contributed by atoms with van der Waals surface area (Å²) >= 11 is 1.62. The van der Waals surface area contributed by atoms with Crippen LogP contribution in [0, 0.1) is 16.0 Å². The summed E-state index contributed by atoms with van der Waals surface area (Å²) in [5, 5.41) is 18.3. The van der Waals surface area contributed by atoms with E-state index < -0.39 is 11.1 Å². The summed E-state index contributed by atoms with van der Waals surface area (Å²) in [7, 11) is 0. The molecule has 0 bridgehead atoms. The quantitative estimate of drug-likeness (QED) is 0.644. The van der Waals surface area contributed by atoms with Gasteiger partial charge < -0.3 is 10.6 Å². The van der Waals surface area contributed by atoms with Crippen molar-refractivity contribution in [1.29, 1.82) is 0 Å². The molecule has 2 aliphatic rings. The molecule has 124 valence electrons. The summed E-state index contributed by atoms with van der Waals surface area (Å²) < 4.78 is 0. The maximum Gasteiger partial charge on any atom is 0.276 e. The number of rotatable bonds is 2. The Kier molecular flexibility index (Phi) is 3.53. The smallest absolute Gasteiger partial charge is 0.276 e. The predicted octanol–water partition coefficient (Wildman–Crippen LogP) is 3.64. The first-order valence-electron chi connectivity index (χ1n) is 8.00. The second-order valence-electron chi connectivity index (χ2n) is 6.42. The average Bonchev–Trinajstić information content (AvgIpc) is 2.92. The van der Waals surface area contributed by atoms with Gasteiger partial charge in [0.1, 0.15) is 11.2 Å². The number of thiophene rings is 1. The molecule has 1 aliphatic heterocycles. The van der Waals surface area contributed by atoms with Crippen LogP contribution in [0.4, 0.5) is 10.7 Å². The van der Waals surface area contributed by atoms with Gasteiger partial charge in [-0.3, -0.25) is 14.9 Å². The molecular formula is C17H17N3O3S. The molecule has 0 saturated carbocycles. The van der Waals surface area contributed by atoms with Crippen LogP contribution in [-0.4, -0.2) is 10.8 Å². The lowest BCUT2D eigenvalue weighted by Crippen LogP contribution is -2.38. The first kappa shape index (κ1) is 15.1. The van der Waals surface area contributed by atoms with Gasteiger partial charge in [0.05, 0.1) is 16.1 Å². The van der Waals surface area contributed by atoms with E-state index in [9.17, 15) is 14.9 Å². The molecule has 1 aromatic heterocycles. The van der Waals surface area contributed by atoms with Crippen LogP contribution >= 0.6 is 11.3 Å². The number of amides is 1. The van der Waals surface area contributed by atoms with E-state index in [2.05, 4.69) is 17.6 Å². The number of carbonyl (C=O) groups is 1. The van der Waals surface area contributed by atoms with E-state index in [0.717, 1.165) is 35.4 Å².